The van der Waals surface area contributed by atoms with Crippen molar-refractivity contribution in [1.82, 2.24) is 10.2 Å². The van der Waals surface area contributed by atoms with Gasteiger partial charge in [-0.3, -0.25) is 14.4 Å². The summed E-state index contributed by atoms with van der Waals surface area (Å²) in [5, 5.41) is 5.49. The van der Waals surface area contributed by atoms with Gasteiger partial charge in [0, 0.05) is 30.8 Å². The minimum absolute atomic E-state index is 0.105. The van der Waals surface area contributed by atoms with Gasteiger partial charge in [0.15, 0.2) is 0 Å². The molecule has 2 N–H and O–H groups in total. The number of nitrogens with zero attached hydrogens (tertiary/aromatic N) is 1. The lowest BCUT2D eigenvalue weighted by Gasteiger charge is -2.16. The molecule has 3 rings (SSSR count). The summed E-state index contributed by atoms with van der Waals surface area (Å²) < 4.78 is 0. The molecule has 2 aromatic rings. The number of hydrogen-bond acceptors (Lipinski definition) is 3. The van der Waals surface area contributed by atoms with E-state index in [2.05, 4.69) is 10.6 Å². The Labute approximate surface area is 164 Å². The molecule has 0 unspecified atom stereocenters. The summed E-state index contributed by atoms with van der Waals surface area (Å²) in [7, 11) is 0. The summed E-state index contributed by atoms with van der Waals surface area (Å²) in [6.07, 6.45) is 2.29. The van der Waals surface area contributed by atoms with Crippen molar-refractivity contribution in [1.29, 1.82) is 0 Å². The summed E-state index contributed by atoms with van der Waals surface area (Å²) in [4.78, 5) is 38.2. The lowest BCUT2D eigenvalue weighted by atomic mass is 10.1. The zero-order valence-electron chi connectivity index (χ0n) is 16.0. The second-order valence-electron chi connectivity index (χ2n) is 6.86. The van der Waals surface area contributed by atoms with E-state index in [1.165, 1.54) is 0 Å². The molecule has 0 aromatic heterocycles. The Hall–Kier alpha value is -3.15. The van der Waals surface area contributed by atoms with Crippen LogP contribution in [0.5, 0.6) is 0 Å². The third kappa shape index (κ3) is 4.97. The molecule has 0 bridgehead atoms. The SMILES string of the molecule is CCc1ccccc1NC(=O)CNC(=O)c1cccc(CN2CCCC2=O)c1. The van der Waals surface area contributed by atoms with Crippen molar-refractivity contribution in [2.45, 2.75) is 32.7 Å². The Bertz CT molecular complexity index is 879. The number of para-hydroxylation sites is 1. The number of benzene rings is 2. The van der Waals surface area contributed by atoms with Crippen LogP contribution in [-0.2, 0) is 22.6 Å². The van der Waals surface area contributed by atoms with Crippen molar-refractivity contribution in [2.24, 2.45) is 0 Å². The summed E-state index contributed by atoms with van der Waals surface area (Å²) in [6, 6.07) is 14.8. The van der Waals surface area contributed by atoms with Gasteiger partial charge in [-0.05, 0) is 42.2 Å². The number of aryl methyl sites for hydroxylation is 1. The molecule has 1 aliphatic heterocycles. The Morgan fingerprint density at radius 2 is 1.93 bits per heavy atom. The molecule has 6 nitrogen and oxygen atoms in total. The molecule has 6 heteroatoms. The van der Waals surface area contributed by atoms with E-state index in [9.17, 15) is 14.4 Å². The van der Waals surface area contributed by atoms with Crippen molar-refractivity contribution in [3.05, 3.63) is 65.2 Å². The highest BCUT2D eigenvalue weighted by Gasteiger charge is 2.20. The van der Waals surface area contributed by atoms with Gasteiger partial charge in [0.1, 0.15) is 0 Å². The molecule has 146 valence electrons. The molecular formula is C22H25N3O3. The van der Waals surface area contributed by atoms with Gasteiger partial charge in [-0.25, -0.2) is 0 Å². The third-order valence-corrected chi connectivity index (χ3v) is 4.82. The molecule has 3 amide bonds. The van der Waals surface area contributed by atoms with Crippen LogP contribution in [0.15, 0.2) is 48.5 Å². The standard InChI is InChI=1S/C22H25N3O3/c1-2-17-8-3-4-10-19(17)24-20(26)14-23-22(28)18-9-5-7-16(13-18)15-25-12-6-11-21(25)27/h3-5,7-10,13H,2,6,11-12,14-15H2,1H3,(H,23,28)(H,24,26). The first-order valence-electron chi connectivity index (χ1n) is 9.59. The number of carbonyl (C=O) groups excluding carboxylic acids is 3. The summed E-state index contributed by atoms with van der Waals surface area (Å²) in [6.45, 7) is 3.18. The normalized spacial score (nSPS) is 13.5. The molecule has 1 saturated heterocycles. The lowest BCUT2D eigenvalue weighted by molar-refractivity contribution is -0.128. The van der Waals surface area contributed by atoms with Crippen LogP contribution in [0.2, 0.25) is 0 Å². The maximum Gasteiger partial charge on any atom is 0.251 e. The topological polar surface area (TPSA) is 78.5 Å². The average molecular weight is 379 g/mol. The van der Waals surface area contributed by atoms with Gasteiger partial charge in [-0.2, -0.15) is 0 Å². The van der Waals surface area contributed by atoms with Crippen molar-refractivity contribution >= 4 is 23.4 Å². The highest BCUT2D eigenvalue weighted by atomic mass is 16.2. The zero-order valence-corrected chi connectivity index (χ0v) is 16.0. The van der Waals surface area contributed by atoms with Gasteiger partial charge in [-0.1, -0.05) is 37.3 Å². The average Bonchev–Trinajstić information content (AvgIpc) is 3.11. The maximum absolute atomic E-state index is 12.4. The number of amides is 3. The predicted molar refractivity (Wildman–Crippen MR) is 108 cm³/mol. The van der Waals surface area contributed by atoms with Gasteiger partial charge in [0.25, 0.3) is 5.91 Å². The van der Waals surface area contributed by atoms with Crippen LogP contribution in [-0.4, -0.2) is 35.7 Å². The van der Waals surface area contributed by atoms with Gasteiger partial charge in [0.05, 0.1) is 6.54 Å². The first-order chi connectivity index (χ1) is 13.6. The Kier molecular flexibility index (Phi) is 6.42. The third-order valence-electron chi connectivity index (χ3n) is 4.82. The quantitative estimate of drug-likeness (QED) is 0.776. The van der Waals surface area contributed by atoms with E-state index in [0.717, 1.165) is 36.2 Å². The van der Waals surface area contributed by atoms with E-state index < -0.39 is 0 Å². The molecule has 1 fully saturated rings. The molecule has 1 heterocycles. The fourth-order valence-electron chi connectivity index (χ4n) is 3.31. The second kappa shape index (κ2) is 9.17. The number of anilines is 1. The van der Waals surface area contributed by atoms with Crippen molar-refractivity contribution in [2.75, 3.05) is 18.4 Å². The highest BCUT2D eigenvalue weighted by Crippen LogP contribution is 2.16. The van der Waals surface area contributed by atoms with Gasteiger partial charge in [-0.15, -0.1) is 0 Å². The van der Waals surface area contributed by atoms with Gasteiger partial charge in [0.2, 0.25) is 11.8 Å². The molecular weight excluding hydrogens is 354 g/mol. The smallest absolute Gasteiger partial charge is 0.251 e. The highest BCUT2D eigenvalue weighted by molar-refractivity contribution is 5.99. The molecule has 2 aromatic carbocycles. The number of likely N-dealkylation sites (tertiary alicyclic amines) is 1. The molecule has 0 atom stereocenters. The summed E-state index contributed by atoms with van der Waals surface area (Å²) in [5.41, 5.74) is 3.20. The Morgan fingerprint density at radius 3 is 2.68 bits per heavy atom. The van der Waals surface area contributed by atoms with Crippen LogP contribution in [0.3, 0.4) is 0 Å². The molecule has 0 saturated carbocycles. The summed E-state index contributed by atoms with van der Waals surface area (Å²) >= 11 is 0. The number of rotatable bonds is 7. The van der Waals surface area contributed by atoms with E-state index in [-0.39, 0.29) is 24.3 Å². The van der Waals surface area contributed by atoms with Crippen molar-refractivity contribution in [3.63, 3.8) is 0 Å². The minimum atomic E-state index is -0.312. The van der Waals surface area contributed by atoms with E-state index in [1.54, 1.807) is 23.1 Å². The van der Waals surface area contributed by atoms with Gasteiger partial charge >= 0.3 is 0 Å². The van der Waals surface area contributed by atoms with E-state index in [4.69, 9.17) is 0 Å². The lowest BCUT2D eigenvalue weighted by Crippen LogP contribution is -2.33. The zero-order chi connectivity index (χ0) is 19.9. The van der Waals surface area contributed by atoms with Crippen LogP contribution in [0, 0.1) is 0 Å². The molecule has 0 spiro atoms. The minimum Gasteiger partial charge on any atom is -0.343 e. The van der Waals surface area contributed by atoms with E-state index >= 15 is 0 Å². The second-order valence-corrected chi connectivity index (χ2v) is 6.86. The summed E-state index contributed by atoms with van der Waals surface area (Å²) in [5.74, 6) is -0.430. The fraction of sp³-hybridized carbons (Fsp3) is 0.318. The van der Waals surface area contributed by atoms with Gasteiger partial charge < -0.3 is 15.5 Å². The van der Waals surface area contributed by atoms with Crippen LogP contribution in [0.25, 0.3) is 0 Å². The monoisotopic (exact) mass is 379 g/mol. The van der Waals surface area contributed by atoms with Crippen molar-refractivity contribution in [3.8, 4) is 0 Å². The first-order valence-corrected chi connectivity index (χ1v) is 9.59. The van der Waals surface area contributed by atoms with E-state index in [1.807, 2.05) is 37.3 Å². The van der Waals surface area contributed by atoms with Crippen LogP contribution in [0.4, 0.5) is 5.69 Å². The van der Waals surface area contributed by atoms with Crippen LogP contribution in [0.1, 0.15) is 41.3 Å². The number of carbonyl (C=O) groups is 3. The van der Waals surface area contributed by atoms with Crippen molar-refractivity contribution < 1.29 is 14.4 Å². The van der Waals surface area contributed by atoms with Crippen LogP contribution >= 0.6 is 0 Å². The molecule has 1 aliphatic rings. The Balaban J connectivity index is 1.55. The fourth-order valence-corrected chi connectivity index (χ4v) is 3.31. The number of nitrogens with one attached hydrogen (secondary N) is 2. The number of hydrogen-bond donors (Lipinski definition) is 2. The van der Waals surface area contributed by atoms with Crippen LogP contribution < -0.4 is 10.6 Å². The maximum atomic E-state index is 12.4. The molecule has 28 heavy (non-hydrogen) atoms. The Morgan fingerprint density at radius 1 is 1.11 bits per heavy atom. The largest absolute Gasteiger partial charge is 0.343 e. The first kappa shape index (κ1) is 19.6. The van der Waals surface area contributed by atoms with E-state index in [0.29, 0.717) is 18.5 Å². The predicted octanol–water partition coefficient (Wildman–Crippen LogP) is 2.74. The molecule has 0 radical (unpaired) electrons. The molecule has 0 aliphatic carbocycles.